The maximum absolute atomic E-state index is 13.1. The average Bonchev–Trinajstić information content (AvgIpc) is 2.85. The van der Waals surface area contributed by atoms with Crippen LogP contribution in [0.1, 0.15) is 5.82 Å². The Kier molecular flexibility index (Phi) is 3.84. The van der Waals surface area contributed by atoms with Crippen LogP contribution in [0.5, 0.6) is 0 Å². The van der Waals surface area contributed by atoms with E-state index in [9.17, 15) is 14.3 Å². The van der Waals surface area contributed by atoms with Crippen molar-refractivity contribution >= 4 is 22.6 Å². The molecule has 2 aromatic carbocycles. The zero-order valence-corrected chi connectivity index (χ0v) is 11.7. The first-order valence-corrected chi connectivity index (χ1v) is 6.78. The van der Waals surface area contributed by atoms with Gasteiger partial charge in [0, 0.05) is 5.69 Å². The molecule has 1 aromatic heterocycles. The van der Waals surface area contributed by atoms with Crippen LogP contribution in [0, 0.1) is 5.82 Å². The Bertz CT molecular complexity index is 829. The molecule has 0 aliphatic rings. The van der Waals surface area contributed by atoms with Crippen LogP contribution in [0.15, 0.2) is 48.5 Å². The smallest absolute Gasteiger partial charge is 0.244 e. The number of hydrogen-bond donors (Lipinski definition) is 2. The van der Waals surface area contributed by atoms with Crippen molar-refractivity contribution in [1.82, 2.24) is 9.55 Å². The lowest BCUT2D eigenvalue weighted by atomic mass is 10.3. The van der Waals surface area contributed by atoms with Crippen LogP contribution in [0.25, 0.3) is 11.0 Å². The molecule has 0 fully saturated rings. The van der Waals surface area contributed by atoms with E-state index in [-0.39, 0.29) is 19.1 Å². The van der Waals surface area contributed by atoms with Crippen molar-refractivity contribution in [3.8, 4) is 0 Å². The van der Waals surface area contributed by atoms with Gasteiger partial charge in [-0.2, -0.15) is 0 Å². The highest BCUT2D eigenvalue weighted by molar-refractivity contribution is 5.91. The summed E-state index contributed by atoms with van der Waals surface area (Å²) in [7, 11) is 0. The molecule has 3 rings (SSSR count). The number of nitrogens with one attached hydrogen (secondary N) is 1. The Morgan fingerprint density at radius 2 is 2.05 bits per heavy atom. The summed E-state index contributed by atoms with van der Waals surface area (Å²) in [6.45, 7) is -0.269. The van der Waals surface area contributed by atoms with Crippen molar-refractivity contribution < 1.29 is 14.3 Å². The number of aliphatic hydroxyl groups excluding tert-OH is 1. The zero-order valence-electron chi connectivity index (χ0n) is 11.7. The Morgan fingerprint density at radius 1 is 1.23 bits per heavy atom. The summed E-state index contributed by atoms with van der Waals surface area (Å²) in [6.07, 6.45) is 0. The molecule has 2 N–H and O–H groups in total. The third-order valence-corrected chi connectivity index (χ3v) is 3.29. The largest absolute Gasteiger partial charge is 0.388 e. The lowest BCUT2D eigenvalue weighted by molar-refractivity contribution is -0.116. The number of halogens is 1. The van der Waals surface area contributed by atoms with Crippen LogP contribution in [0.4, 0.5) is 10.1 Å². The molecule has 1 amide bonds. The second-order valence-corrected chi connectivity index (χ2v) is 4.82. The summed E-state index contributed by atoms with van der Waals surface area (Å²) in [5.74, 6) is -0.319. The number of aliphatic hydroxyl groups is 1. The van der Waals surface area contributed by atoms with Crippen LogP contribution in [0.3, 0.4) is 0 Å². The van der Waals surface area contributed by atoms with Crippen LogP contribution >= 0.6 is 0 Å². The molecule has 0 saturated carbocycles. The first kappa shape index (κ1) is 14.2. The number of anilines is 1. The summed E-state index contributed by atoms with van der Waals surface area (Å²) in [4.78, 5) is 16.4. The zero-order chi connectivity index (χ0) is 15.5. The van der Waals surface area contributed by atoms with Gasteiger partial charge < -0.3 is 15.0 Å². The number of aromatic nitrogens is 2. The number of fused-ring (bicyclic) bond motifs is 1. The summed E-state index contributed by atoms with van der Waals surface area (Å²) in [5.41, 5.74) is 1.87. The lowest BCUT2D eigenvalue weighted by Gasteiger charge is -2.09. The second kappa shape index (κ2) is 5.95. The van der Waals surface area contributed by atoms with Gasteiger partial charge in [-0.05, 0) is 30.3 Å². The van der Waals surface area contributed by atoms with E-state index in [1.807, 2.05) is 24.3 Å². The van der Waals surface area contributed by atoms with Crippen molar-refractivity contribution in [2.24, 2.45) is 0 Å². The molecule has 22 heavy (non-hydrogen) atoms. The first-order valence-electron chi connectivity index (χ1n) is 6.78. The number of imidazole rings is 1. The first-order chi connectivity index (χ1) is 10.7. The summed E-state index contributed by atoms with van der Waals surface area (Å²) in [5, 5.41) is 12.0. The topological polar surface area (TPSA) is 67.2 Å². The van der Waals surface area contributed by atoms with E-state index in [1.165, 1.54) is 18.2 Å². The van der Waals surface area contributed by atoms with Gasteiger partial charge in [-0.3, -0.25) is 4.79 Å². The van der Waals surface area contributed by atoms with Gasteiger partial charge in [-0.25, -0.2) is 9.37 Å². The van der Waals surface area contributed by atoms with Gasteiger partial charge >= 0.3 is 0 Å². The van der Waals surface area contributed by atoms with E-state index < -0.39 is 5.82 Å². The van der Waals surface area contributed by atoms with Crippen LogP contribution in [-0.2, 0) is 17.9 Å². The minimum Gasteiger partial charge on any atom is -0.388 e. The SMILES string of the molecule is O=C(Cn1c(CO)nc2ccccc21)Nc1cccc(F)c1. The van der Waals surface area contributed by atoms with Crippen molar-refractivity contribution in [3.05, 3.63) is 60.2 Å². The number of benzene rings is 2. The van der Waals surface area contributed by atoms with E-state index in [0.29, 0.717) is 17.0 Å². The molecule has 0 atom stereocenters. The summed E-state index contributed by atoms with van der Waals surface area (Å²) in [6, 6.07) is 13.0. The number of carbonyl (C=O) groups is 1. The molecule has 0 saturated heterocycles. The normalized spacial score (nSPS) is 10.8. The maximum atomic E-state index is 13.1. The number of carbonyl (C=O) groups excluding carboxylic acids is 1. The quantitative estimate of drug-likeness (QED) is 0.777. The molecule has 0 aliphatic heterocycles. The number of hydrogen-bond acceptors (Lipinski definition) is 3. The van der Waals surface area contributed by atoms with Gasteiger partial charge in [0.05, 0.1) is 11.0 Å². The van der Waals surface area contributed by atoms with E-state index in [4.69, 9.17) is 0 Å². The average molecular weight is 299 g/mol. The number of nitrogens with zero attached hydrogens (tertiary/aromatic N) is 2. The fourth-order valence-electron chi connectivity index (χ4n) is 2.33. The fourth-order valence-corrected chi connectivity index (χ4v) is 2.33. The van der Waals surface area contributed by atoms with E-state index in [1.54, 1.807) is 10.6 Å². The Hall–Kier alpha value is -2.73. The van der Waals surface area contributed by atoms with Crippen molar-refractivity contribution in [2.45, 2.75) is 13.2 Å². The van der Waals surface area contributed by atoms with Gasteiger partial charge in [0.15, 0.2) is 0 Å². The molecule has 0 aliphatic carbocycles. The lowest BCUT2D eigenvalue weighted by Crippen LogP contribution is -2.20. The molecular weight excluding hydrogens is 285 g/mol. The molecule has 5 nitrogen and oxygen atoms in total. The molecule has 6 heteroatoms. The molecular formula is C16H14FN3O2. The molecule has 112 valence electrons. The number of amides is 1. The Labute approximate surface area is 126 Å². The van der Waals surface area contributed by atoms with Crippen LogP contribution in [-0.4, -0.2) is 20.6 Å². The monoisotopic (exact) mass is 299 g/mol. The minimum atomic E-state index is -0.415. The van der Waals surface area contributed by atoms with Gasteiger partial charge in [-0.15, -0.1) is 0 Å². The molecule has 0 spiro atoms. The van der Waals surface area contributed by atoms with E-state index in [0.717, 1.165) is 5.52 Å². The molecule has 1 heterocycles. The van der Waals surface area contributed by atoms with E-state index >= 15 is 0 Å². The predicted octanol–water partition coefficient (Wildman–Crippen LogP) is 2.31. The highest BCUT2D eigenvalue weighted by atomic mass is 19.1. The second-order valence-electron chi connectivity index (χ2n) is 4.82. The third kappa shape index (κ3) is 2.82. The van der Waals surface area contributed by atoms with Gasteiger partial charge in [0.25, 0.3) is 0 Å². The predicted molar refractivity (Wildman–Crippen MR) is 80.7 cm³/mol. The van der Waals surface area contributed by atoms with Gasteiger partial charge in [0.2, 0.25) is 5.91 Å². The highest BCUT2D eigenvalue weighted by Crippen LogP contribution is 2.16. The van der Waals surface area contributed by atoms with Gasteiger partial charge in [0.1, 0.15) is 24.8 Å². The summed E-state index contributed by atoms with van der Waals surface area (Å²) < 4.78 is 14.8. The van der Waals surface area contributed by atoms with Gasteiger partial charge in [-0.1, -0.05) is 18.2 Å². The maximum Gasteiger partial charge on any atom is 0.244 e. The fraction of sp³-hybridized carbons (Fsp3) is 0.125. The molecule has 0 unspecified atom stereocenters. The van der Waals surface area contributed by atoms with Crippen LogP contribution in [0.2, 0.25) is 0 Å². The standard InChI is InChI=1S/C16H14FN3O2/c17-11-4-3-5-12(8-11)18-16(22)9-20-14-7-2-1-6-13(14)19-15(20)10-21/h1-8,21H,9-10H2,(H,18,22). The van der Waals surface area contributed by atoms with Crippen LogP contribution < -0.4 is 5.32 Å². The van der Waals surface area contributed by atoms with Crippen molar-refractivity contribution in [2.75, 3.05) is 5.32 Å². The van der Waals surface area contributed by atoms with Crippen molar-refractivity contribution in [1.29, 1.82) is 0 Å². The third-order valence-electron chi connectivity index (χ3n) is 3.29. The number of para-hydroxylation sites is 2. The summed E-state index contributed by atoms with van der Waals surface area (Å²) >= 11 is 0. The van der Waals surface area contributed by atoms with Crippen molar-refractivity contribution in [3.63, 3.8) is 0 Å². The Morgan fingerprint density at radius 3 is 2.82 bits per heavy atom. The Balaban J connectivity index is 1.85. The molecule has 0 bridgehead atoms. The molecule has 3 aromatic rings. The minimum absolute atomic E-state index is 0.00702. The van der Waals surface area contributed by atoms with E-state index in [2.05, 4.69) is 10.3 Å². The highest BCUT2D eigenvalue weighted by Gasteiger charge is 2.13. The number of rotatable bonds is 4. The molecule has 0 radical (unpaired) electrons.